The van der Waals surface area contributed by atoms with E-state index in [1.807, 2.05) is 24.3 Å². The van der Waals surface area contributed by atoms with Gasteiger partial charge in [-0.3, -0.25) is 0 Å². The first-order valence-electron chi connectivity index (χ1n) is 9.51. The summed E-state index contributed by atoms with van der Waals surface area (Å²) in [7, 11) is 0. The Morgan fingerprint density at radius 1 is 1.25 bits per heavy atom. The average Bonchev–Trinajstić information content (AvgIpc) is 3.50. The van der Waals surface area contributed by atoms with E-state index in [-0.39, 0.29) is 0 Å². The second-order valence-electron chi connectivity index (χ2n) is 7.42. The lowest BCUT2D eigenvalue weighted by Gasteiger charge is -2.24. The van der Waals surface area contributed by atoms with Gasteiger partial charge in [-0.25, -0.2) is 4.79 Å². The van der Waals surface area contributed by atoms with E-state index in [0.717, 1.165) is 48.1 Å². The van der Waals surface area contributed by atoms with Gasteiger partial charge in [-0.05, 0) is 78.5 Å². The predicted octanol–water partition coefficient (Wildman–Crippen LogP) is 5.23. The smallest absolute Gasteiger partial charge is 0.346 e. The molecule has 0 radical (unpaired) electrons. The van der Waals surface area contributed by atoms with Crippen LogP contribution in [0, 0.1) is 6.92 Å². The molecule has 0 spiro atoms. The van der Waals surface area contributed by atoms with Crippen molar-refractivity contribution in [3.05, 3.63) is 52.6 Å². The zero-order valence-corrected chi connectivity index (χ0v) is 15.6. The van der Waals surface area contributed by atoms with E-state index in [2.05, 4.69) is 4.74 Å². The number of carbonyl (C=O) groups is 1. The van der Waals surface area contributed by atoms with Crippen LogP contribution in [0.1, 0.15) is 53.5 Å². The number of hydrogen-bond donors (Lipinski definition) is 1. The molecule has 1 saturated carbocycles. The maximum Gasteiger partial charge on any atom is 0.346 e. The second kappa shape index (κ2) is 7.51. The van der Waals surface area contributed by atoms with Gasteiger partial charge < -0.3 is 14.6 Å². The molecule has 1 heterocycles. The standard InChI is InChI=1S/C22H22F2O4/c1-12-4-8-16(13-5-6-13)19(18(12)20(21(25)26)28-22(23)24)15-7-9-17-14(11-15)3-2-10-27-17/h4,7-9,11,13,20,22H,2-3,5-6,10H2,1H3,(H,25,26). The van der Waals surface area contributed by atoms with Crippen LogP contribution in [-0.4, -0.2) is 24.3 Å². The van der Waals surface area contributed by atoms with E-state index in [1.54, 1.807) is 13.0 Å². The van der Waals surface area contributed by atoms with Crippen LogP contribution >= 0.6 is 0 Å². The van der Waals surface area contributed by atoms with Gasteiger partial charge in [-0.15, -0.1) is 0 Å². The molecule has 1 N–H and O–H groups in total. The van der Waals surface area contributed by atoms with Crippen LogP contribution in [-0.2, 0) is 16.0 Å². The molecule has 0 saturated heterocycles. The van der Waals surface area contributed by atoms with Gasteiger partial charge in [0.1, 0.15) is 5.75 Å². The summed E-state index contributed by atoms with van der Waals surface area (Å²) in [6.45, 7) is -0.754. The third-order valence-corrected chi connectivity index (χ3v) is 5.44. The van der Waals surface area contributed by atoms with Crippen molar-refractivity contribution in [2.45, 2.75) is 51.2 Å². The first-order valence-corrected chi connectivity index (χ1v) is 9.51. The van der Waals surface area contributed by atoms with Crippen molar-refractivity contribution in [1.82, 2.24) is 0 Å². The van der Waals surface area contributed by atoms with Crippen LogP contribution in [0.2, 0.25) is 0 Å². The highest BCUT2D eigenvalue weighted by Crippen LogP contribution is 2.48. The van der Waals surface area contributed by atoms with Gasteiger partial charge in [-0.2, -0.15) is 8.78 Å². The monoisotopic (exact) mass is 388 g/mol. The number of alkyl halides is 2. The van der Waals surface area contributed by atoms with E-state index < -0.39 is 18.7 Å². The lowest BCUT2D eigenvalue weighted by atomic mass is 9.85. The normalized spacial score (nSPS) is 17.1. The molecular formula is C22H22F2O4. The Morgan fingerprint density at radius 2 is 2.04 bits per heavy atom. The Labute approximate surface area is 162 Å². The predicted molar refractivity (Wildman–Crippen MR) is 99.9 cm³/mol. The summed E-state index contributed by atoms with van der Waals surface area (Å²) in [5.41, 5.74) is 4.54. The zero-order valence-electron chi connectivity index (χ0n) is 15.6. The molecule has 1 fully saturated rings. The maximum atomic E-state index is 13.0. The number of carboxylic acids is 1. The lowest BCUT2D eigenvalue weighted by molar-refractivity contribution is -0.188. The van der Waals surface area contributed by atoms with Crippen molar-refractivity contribution in [2.24, 2.45) is 0 Å². The minimum absolute atomic E-state index is 0.314. The van der Waals surface area contributed by atoms with Crippen LogP contribution in [0.3, 0.4) is 0 Å². The minimum Gasteiger partial charge on any atom is -0.493 e. The van der Waals surface area contributed by atoms with Crippen molar-refractivity contribution in [2.75, 3.05) is 6.61 Å². The topological polar surface area (TPSA) is 55.8 Å². The van der Waals surface area contributed by atoms with Crippen molar-refractivity contribution in [3.63, 3.8) is 0 Å². The average molecular weight is 388 g/mol. The quantitative estimate of drug-likeness (QED) is 0.736. The molecular weight excluding hydrogens is 366 g/mol. The van der Waals surface area contributed by atoms with E-state index in [9.17, 15) is 18.7 Å². The Kier molecular flexibility index (Phi) is 5.06. The van der Waals surface area contributed by atoms with E-state index in [1.165, 1.54) is 0 Å². The van der Waals surface area contributed by atoms with Gasteiger partial charge in [0, 0.05) is 5.56 Å². The number of benzene rings is 2. The van der Waals surface area contributed by atoms with Gasteiger partial charge >= 0.3 is 12.6 Å². The maximum absolute atomic E-state index is 13.0. The number of carboxylic acid groups (broad SMARTS) is 1. The molecule has 4 nitrogen and oxygen atoms in total. The molecule has 1 atom stereocenters. The molecule has 28 heavy (non-hydrogen) atoms. The third kappa shape index (κ3) is 3.61. The lowest BCUT2D eigenvalue weighted by Crippen LogP contribution is -2.20. The Balaban J connectivity index is 1.91. The number of ether oxygens (including phenoxy) is 2. The first-order chi connectivity index (χ1) is 13.5. The van der Waals surface area contributed by atoms with Gasteiger partial charge in [0.2, 0.25) is 0 Å². The third-order valence-electron chi connectivity index (χ3n) is 5.44. The highest BCUT2D eigenvalue weighted by atomic mass is 19.3. The van der Waals surface area contributed by atoms with Crippen molar-refractivity contribution in [3.8, 4) is 16.9 Å². The van der Waals surface area contributed by atoms with Gasteiger partial charge in [0.15, 0.2) is 6.10 Å². The molecule has 2 aromatic carbocycles. The number of aliphatic carboxylic acids is 1. The van der Waals surface area contributed by atoms with Crippen LogP contribution in [0.5, 0.6) is 5.75 Å². The summed E-state index contributed by atoms with van der Waals surface area (Å²) in [5, 5.41) is 9.63. The SMILES string of the molecule is Cc1ccc(C2CC2)c(-c2ccc3c(c2)CCCO3)c1C(OC(F)F)C(=O)O. The van der Waals surface area contributed by atoms with Crippen molar-refractivity contribution >= 4 is 5.97 Å². The Hall–Kier alpha value is -2.47. The molecule has 0 aromatic heterocycles. The number of aryl methyl sites for hydroxylation is 2. The van der Waals surface area contributed by atoms with E-state index >= 15 is 0 Å². The largest absolute Gasteiger partial charge is 0.493 e. The van der Waals surface area contributed by atoms with Crippen LogP contribution < -0.4 is 4.74 Å². The van der Waals surface area contributed by atoms with Crippen LogP contribution in [0.4, 0.5) is 8.78 Å². The molecule has 1 unspecified atom stereocenters. The molecule has 0 amide bonds. The molecule has 148 valence electrons. The Morgan fingerprint density at radius 3 is 2.71 bits per heavy atom. The highest BCUT2D eigenvalue weighted by molar-refractivity contribution is 5.83. The molecule has 0 bridgehead atoms. The highest BCUT2D eigenvalue weighted by Gasteiger charge is 2.34. The summed E-state index contributed by atoms with van der Waals surface area (Å²) in [4.78, 5) is 11.8. The number of hydrogen-bond acceptors (Lipinski definition) is 3. The molecule has 1 aliphatic heterocycles. The van der Waals surface area contributed by atoms with Crippen LogP contribution in [0.15, 0.2) is 30.3 Å². The van der Waals surface area contributed by atoms with Crippen molar-refractivity contribution in [1.29, 1.82) is 0 Å². The first kappa shape index (κ1) is 18.9. The second-order valence-corrected chi connectivity index (χ2v) is 7.42. The fourth-order valence-corrected chi connectivity index (χ4v) is 4.00. The number of fused-ring (bicyclic) bond motifs is 1. The van der Waals surface area contributed by atoms with Gasteiger partial charge in [0.05, 0.1) is 6.61 Å². The summed E-state index contributed by atoms with van der Waals surface area (Å²) in [5.74, 6) is -0.266. The van der Waals surface area contributed by atoms with E-state index in [4.69, 9.17) is 4.74 Å². The van der Waals surface area contributed by atoms with Crippen LogP contribution in [0.25, 0.3) is 11.1 Å². The van der Waals surface area contributed by atoms with Crippen molar-refractivity contribution < 1.29 is 28.2 Å². The fourth-order valence-electron chi connectivity index (χ4n) is 4.00. The summed E-state index contributed by atoms with van der Waals surface area (Å²) >= 11 is 0. The molecule has 2 aliphatic rings. The fraction of sp³-hybridized carbons (Fsp3) is 0.409. The molecule has 1 aliphatic carbocycles. The molecule has 6 heteroatoms. The number of rotatable bonds is 6. The number of halogens is 2. The van der Waals surface area contributed by atoms with Gasteiger partial charge in [-0.1, -0.05) is 18.2 Å². The summed E-state index contributed by atoms with van der Waals surface area (Å²) < 4.78 is 36.2. The zero-order chi connectivity index (χ0) is 19.8. The van der Waals surface area contributed by atoms with E-state index in [0.29, 0.717) is 29.2 Å². The van der Waals surface area contributed by atoms with Gasteiger partial charge in [0.25, 0.3) is 0 Å². The summed E-state index contributed by atoms with van der Waals surface area (Å²) in [6.07, 6.45) is 2.09. The minimum atomic E-state index is -3.17. The molecule has 4 rings (SSSR count). The molecule has 2 aromatic rings. The summed E-state index contributed by atoms with van der Waals surface area (Å²) in [6, 6.07) is 9.56. The Bertz CT molecular complexity index is 906.